The van der Waals surface area contributed by atoms with Crippen LogP contribution in [0, 0.1) is 5.92 Å². The second-order valence-corrected chi connectivity index (χ2v) is 8.03. The number of carbonyl (C=O) groups is 1. The van der Waals surface area contributed by atoms with Crippen LogP contribution in [0.2, 0.25) is 5.02 Å². The average molecular weight is 436 g/mol. The molecule has 7 nitrogen and oxygen atoms in total. The average Bonchev–Trinajstić information content (AvgIpc) is 3.17. The van der Waals surface area contributed by atoms with E-state index >= 15 is 0 Å². The molecule has 0 radical (unpaired) electrons. The van der Waals surface area contributed by atoms with Crippen LogP contribution in [0.15, 0.2) is 65.5 Å². The van der Waals surface area contributed by atoms with Crippen molar-refractivity contribution < 1.29 is 4.79 Å². The Morgan fingerprint density at radius 1 is 1.10 bits per heavy atom. The van der Waals surface area contributed by atoms with E-state index in [4.69, 9.17) is 11.6 Å². The van der Waals surface area contributed by atoms with Gasteiger partial charge in [-0.1, -0.05) is 55.8 Å². The van der Waals surface area contributed by atoms with E-state index in [1.165, 1.54) is 6.07 Å². The molecule has 0 aliphatic carbocycles. The quantitative estimate of drug-likeness (QED) is 0.479. The summed E-state index contributed by atoms with van der Waals surface area (Å²) in [6.45, 7) is 3.79. The van der Waals surface area contributed by atoms with E-state index in [2.05, 4.69) is 20.4 Å². The molecule has 2 heterocycles. The van der Waals surface area contributed by atoms with Gasteiger partial charge < -0.3 is 10.3 Å². The number of halogens is 1. The van der Waals surface area contributed by atoms with Crippen molar-refractivity contribution in [2.24, 2.45) is 5.92 Å². The zero-order valence-electron chi connectivity index (χ0n) is 17.2. The van der Waals surface area contributed by atoms with Crippen LogP contribution >= 0.6 is 11.6 Å². The Hall–Kier alpha value is -3.45. The number of para-hydroxylation sites is 2. The third kappa shape index (κ3) is 4.51. The minimum atomic E-state index is -0.365. The lowest BCUT2D eigenvalue weighted by atomic mass is 10.0. The van der Waals surface area contributed by atoms with Crippen molar-refractivity contribution >= 4 is 28.5 Å². The van der Waals surface area contributed by atoms with Gasteiger partial charge in [0.05, 0.1) is 27.8 Å². The predicted octanol–water partition coefficient (Wildman–Crippen LogP) is 3.95. The molecule has 0 fully saturated rings. The molecule has 0 spiro atoms. The largest absolute Gasteiger partial charge is 0.344 e. The van der Waals surface area contributed by atoms with Crippen molar-refractivity contribution in [3.63, 3.8) is 0 Å². The molecule has 8 heteroatoms. The standard InChI is InChI=1S/C23H22ClN5O2/c1-14(2)22(23-25-18-9-5-6-10-19(18)26-23)27-20(30)13-29-21(31)12-11-17(28-29)15-7-3-4-8-16(15)24/h3-12,14,22H,13H2,1-2H3,(H,25,26)(H,27,30)/t22-/m0/s1. The van der Waals surface area contributed by atoms with E-state index in [0.717, 1.165) is 15.7 Å². The van der Waals surface area contributed by atoms with E-state index in [0.29, 0.717) is 22.1 Å². The van der Waals surface area contributed by atoms with Gasteiger partial charge in [-0.05, 0) is 30.2 Å². The number of hydrogen-bond donors (Lipinski definition) is 2. The number of nitrogens with zero attached hydrogens (tertiary/aromatic N) is 3. The zero-order chi connectivity index (χ0) is 22.0. The number of amides is 1. The van der Waals surface area contributed by atoms with Crippen molar-refractivity contribution in [1.82, 2.24) is 25.1 Å². The van der Waals surface area contributed by atoms with Crippen LogP contribution in [0.5, 0.6) is 0 Å². The maximum absolute atomic E-state index is 12.8. The monoisotopic (exact) mass is 435 g/mol. The fraction of sp³-hybridized carbons (Fsp3) is 0.217. The summed E-state index contributed by atoms with van der Waals surface area (Å²) in [6, 6.07) is 17.6. The van der Waals surface area contributed by atoms with Gasteiger partial charge in [-0.3, -0.25) is 9.59 Å². The maximum atomic E-state index is 12.8. The molecule has 2 N–H and O–H groups in total. The first-order chi connectivity index (χ1) is 14.9. The number of nitrogens with one attached hydrogen (secondary N) is 2. The van der Waals surface area contributed by atoms with E-state index < -0.39 is 0 Å². The van der Waals surface area contributed by atoms with Crippen LogP contribution in [0.4, 0.5) is 0 Å². The highest BCUT2D eigenvalue weighted by atomic mass is 35.5. The van der Waals surface area contributed by atoms with Gasteiger partial charge in [0.15, 0.2) is 0 Å². The van der Waals surface area contributed by atoms with Crippen molar-refractivity contribution in [2.75, 3.05) is 0 Å². The first-order valence-corrected chi connectivity index (χ1v) is 10.4. The van der Waals surface area contributed by atoms with Gasteiger partial charge in [-0.2, -0.15) is 5.10 Å². The number of aromatic amines is 1. The molecule has 0 aliphatic heterocycles. The molecule has 0 unspecified atom stereocenters. The van der Waals surface area contributed by atoms with Crippen LogP contribution in [-0.2, 0) is 11.3 Å². The van der Waals surface area contributed by atoms with Crippen LogP contribution in [0.1, 0.15) is 25.7 Å². The van der Waals surface area contributed by atoms with Crippen molar-refractivity contribution in [3.8, 4) is 11.3 Å². The fourth-order valence-corrected chi connectivity index (χ4v) is 3.63. The van der Waals surface area contributed by atoms with Gasteiger partial charge in [0.1, 0.15) is 12.4 Å². The van der Waals surface area contributed by atoms with Gasteiger partial charge in [0, 0.05) is 11.6 Å². The molecule has 1 amide bonds. The molecule has 0 bridgehead atoms. The molecule has 2 aromatic carbocycles. The summed E-state index contributed by atoms with van der Waals surface area (Å²) in [5, 5.41) is 7.84. The van der Waals surface area contributed by atoms with E-state index in [1.54, 1.807) is 12.1 Å². The van der Waals surface area contributed by atoms with Gasteiger partial charge >= 0.3 is 0 Å². The summed E-state index contributed by atoms with van der Waals surface area (Å²) in [4.78, 5) is 33.0. The molecule has 0 saturated heterocycles. The van der Waals surface area contributed by atoms with E-state index in [-0.39, 0.29) is 30.0 Å². The Labute approximate surface area is 184 Å². The van der Waals surface area contributed by atoms with Crippen LogP contribution < -0.4 is 10.9 Å². The van der Waals surface area contributed by atoms with Crippen LogP contribution in [-0.4, -0.2) is 25.7 Å². The molecule has 1 atom stereocenters. The fourth-order valence-electron chi connectivity index (χ4n) is 3.40. The second-order valence-electron chi connectivity index (χ2n) is 7.62. The molecule has 0 aliphatic rings. The molecule has 31 heavy (non-hydrogen) atoms. The number of H-pyrrole nitrogens is 1. The molecule has 4 rings (SSSR count). The Kier molecular flexibility index (Phi) is 5.86. The van der Waals surface area contributed by atoms with Crippen molar-refractivity contribution in [1.29, 1.82) is 0 Å². The molecular formula is C23H22ClN5O2. The van der Waals surface area contributed by atoms with Gasteiger partial charge in [-0.15, -0.1) is 0 Å². The lowest BCUT2D eigenvalue weighted by Gasteiger charge is -2.20. The normalized spacial score (nSPS) is 12.3. The zero-order valence-corrected chi connectivity index (χ0v) is 17.9. The number of fused-ring (bicyclic) bond motifs is 1. The molecule has 158 valence electrons. The highest BCUT2D eigenvalue weighted by Crippen LogP contribution is 2.25. The number of carbonyl (C=O) groups excluding carboxylic acids is 1. The summed E-state index contributed by atoms with van der Waals surface area (Å²) in [6.07, 6.45) is 0. The lowest BCUT2D eigenvalue weighted by molar-refractivity contribution is -0.123. The number of hydrogen-bond acceptors (Lipinski definition) is 4. The Bertz CT molecular complexity index is 1260. The van der Waals surface area contributed by atoms with Gasteiger partial charge in [0.25, 0.3) is 5.56 Å². The van der Waals surface area contributed by atoms with Crippen LogP contribution in [0.3, 0.4) is 0 Å². The topological polar surface area (TPSA) is 92.7 Å². The first-order valence-electron chi connectivity index (χ1n) is 9.99. The highest BCUT2D eigenvalue weighted by Gasteiger charge is 2.22. The minimum absolute atomic E-state index is 0.0867. The molecule has 0 saturated carbocycles. The number of benzene rings is 2. The number of aromatic nitrogens is 4. The summed E-state index contributed by atoms with van der Waals surface area (Å²) >= 11 is 6.24. The summed E-state index contributed by atoms with van der Waals surface area (Å²) in [5.41, 5.74) is 2.59. The Morgan fingerprint density at radius 2 is 1.84 bits per heavy atom. The number of imidazole rings is 1. The lowest BCUT2D eigenvalue weighted by Crippen LogP contribution is -2.37. The molecular weight excluding hydrogens is 414 g/mol. The van der Waals surface area contributed by atoms with Crippen molar-refractivity contribution in [3.05, 3.63) is 81.9 Å². The summed E-state index contributed by atoms with van der Waals surface area (Å²) < 4.78 is 1.14. The maximum Gasteiger partial charge on any atom is 0.267 e. The minimum Gasteiger partial charge on any atom is -0.344 e. The van der Waals surface area contributed by atoms with Gasteiger partial charge in [0.2, 0.25) is 5.91 Å². The smallest absolute Gasteiger partial charge is 0.267 e. The van der Waals surface area contributed by atoms with Gasteiger partial charge in [-0.25, -0.2) is 9.67 Å². The molecule has 2 aromatic heterocycles. The predicted molar refractivity (Wildman–Crippen MR) is 121 cm³/mol. The third-order valence-corrected chi connectivity index (χ3v) is 5.32. The Balaban J connectivity index is 1.56. The second kappa shape index (κ2) is 8.73. The third-order valence-electron chi connectivity index (χ3n) is 5.00. The summed E-state index contributed by atoms with van der Waals surface area (Å²) in [7, 11) is 0. The van der Waals surface area contributed by atoms with Crippen LogP contribution in [0.25, 0.3) is 22.3 Å². The van der Waals surface area contributed by atoms with E-state index in [1.807, 2.05) is 56.3 Å². The molecule has 4 aromatic rings. The van der Waals surface area contributed by atoms with Crippen molar-refractivity contribution in [2.45, 2.75) is 26.4 Å². The first kappa shape index (κ1) is 20.8. The van der Waals surface area contributed by atoms with E-state index in [9.17, 15) is 9.59 Å². The highest BCUT2D eigenvalue weighted by molar-refractivity contribution is 6.33. The summed E-state index contributed by atoms with van der Waals surface area (Å²) in [5.74, 6) is 0.434. The number of rotatable bonds is 6. The SMILES string of the molecule is CC(C)[C@H](NC(=O)Cn1nc(-c2ccccc2Cl)ccc1=O)c1nc2ccccc2[nH]1. The Morgan fingerprint density at radius 3 is 2.58 bits per heavy atom.